The van der Waals surface area contributed by atoms with E-state index in [1.165, 1.54) is 12.1 Å². The van der Waals surface area contributed by atoms with E-state index < -0.39 is 15.9 Å². The third-order valence-electron chi connectivity index (χ3n) is 4.96. The van der Waals surface area contributed by atoms with Gasteiger partial charge in [0.15, 0.2) is 5.11 Å². The van der Waals surface area contributed by atoms with E-state index in [0.717, 1.165) is 10.0 Å². The fourth-order valence-electron chi connectivity index (χ4n) is 3.17. The van der Waals surface area contributed by atoms with Gasteiger partial charge in [0.2, 0.25) is 10.0 Å². The Balaban J connectivity index is 1.57. The number of hydrogen-bond acceptors (Lipinski definition) is 5. The maximum Gasteiger partial charge on any atom is 0.261 e. The van der Waals surface area contributed by atoms with E-state index in [1.807, 2.05) is 44.2 Å². The van der Waals surface area contributed by atoms with Crippen LogP contribution in [0.3, 0.4) is 0 Å². The Labute approximate surface area is 225 Å². The van der Waals surface area contributed by atoms with Crippen LogP contribution in [0.4, 0.5) is 5.69 Å². The molecule has 190 valence electrons. The maximum atomic E-state index is 12.8. The van der Waals surface area contributed by atoms with Crippen LogP contribution in [-0.2, 0) is 16.4 Å². The Morgan fingerprint density at radius 1 is 1.03 bits per heavy atom. The Kier molecular flexibility index (Phi) is 10.0. The van der Waals surface area contributed by atoms with Crippen LogP contribution in [0, 0.1) is 5.92 Å². The monoisotopic (exact) mass is 589 g/mol. The molecule has 3 N–H and O–H groups in total. The van der Waals surface area contributed by atoms with Crippen LogP contribution in [0.25, 0.3) is 0 Å². The Hall–Kier alpha value is -2.79. The summed E-state index contributed by atoms with van der Waals surface area (Å²) < 4.78 is 34.3. The van der Waals surface area contributed by atoms with E-state index in [4.69, 9.17) is 17.0 Å². The van der Waals surface area contributed by atoms with Gasteiger partial charge >= 0.3 is 0 Å². The van der Waals surface area contributed by atoms with E-state index in [0.29, 0.717) is 42.5 Å². The number of benzene rings is 3. The summed E-state index contributed by atoms with van der Waals surface area (Å²) >= 11 is 8.66. The van der Waals surface area contributed by atoms with Crippen molar-refractivity contribution in [3.63, 3.8) is 0 Å². The maximum absolute atomic E-state index is 12.8. The average Bonchev–Trinajstić information content (AvgIpc) is 2.84. The molecule has 0 bridgehead atoms. The van der Waals surface area contributed by atoms with Crippen LogP contribution in [0.1, 0.15) is 29.8 Å². The Bertz CT molecular complexity index is 1300. The van der Waals surface area contributed by atoms with E-state index in [9.17, 15) is 13.2 Å². The Morgan fingerprint density at radius 3 is 2.39 bits per heavy atom. The first-order valence-electron chi connectivity index (χ1n) is 11.3. The van der Waals surface area contributed by atoms with Crippen molar-refractivity contribution in [2.45, 2.75) is 25.2 Å². The molecule has 0 aliphatic rings. The summed E-state index contributed by atoms with van der Waals surface area (Å²) in [6, 6.07) is 21.0. The normalized spacial score (nSPS) is 11.2. The van der Waals surface area contributed by atoms with Crippen molar-refractivity contribution in [3.8, 4) is 5.75 Å². The van der Waals surface area contributed by atoms with Gasteiger partial charge in [0, 0.05) is 16.7 Å². The second kappa shape index (κ2) is 13.0. The van der Waals surface area contributed by atoms with Gasteiger partial charge < -0.3 is 10.1 Å². The quantitative estimate of drug-likeness (QED) is 0.284. The number of hydrogen-bond donors (Lipinski definition) is 3. The summed E-state index contributed by atoms with van der Waals surface area (Å²) in [6.45, 7) is 4.81. The first kappa shape index (κ1) is 27.8. The van der Waals surface area contributed by atoms with Gasteiger partial charge in [-0.3, -0.25) is 10.1 Å². The molecule has 7 nitrogen and oxygen atoms in total. The predicted octanol–water partition coefficient (Wildman–Crippen LogP) is 5.13. The third kappa shape index (κ3) is 8.41. The minimum Gasteiger partial charge on any atom is -0.492 e. The number of carbonyl (C=O) groups is 1. The number of carbonyl (C=O) groups excluding carboxylic acids is 1. The van der Waals surface area contributed by atoms with Crippen LogP contribution in [0.5, 0.6) is 5.75 Å². The molecule has 0 aromatic heterocycles. The molecule has 0 unspecified atom stereocenters. The summed E-state index contributed by atoms with van der Waals surface area (Å²) in [6.07, 6.45) is 0.593. The standard InChI is InChI=1S/C26H28BrN3O4S2/c1-18(2)17-34-24-13-8-20(27)16-23(24)25(31)30-26(35)29-21-9-11-22(12-10-21)36(32,33)28-15-14-19-6-4-3-5-7-19/h3-13,16,18,28H,14-15,17H2,1-2H3,(H2,29,30,31,35). The van der Waals surface area contributed by atoms with Gasteiger partial charge in [0.1, 0.15) is 5.75 Å². The number of ether oxygens (including phenoxy) is 1. The van der Waals surface area contributed by atoms with Gasteiger partial charge in [-0.25, -0.2) is 13.1 Å². The molecule has 0 aliphatic carbocycles. The molecule has 3 aromatic rings. The van der Waals surface area contributed by atoms with Crippen molar-refractivity contribution in [1.29, 1.82) is 0 Å². The number of thiocarbonyl (C=S) groups is 1. The average molecular weight is 591 g/mol. The van der Waals surface area contributed by atoms with Crippen molar-refractivity contribution in [2.75, 3.05) is 18.5 Å². The second-order valence-corrected chi connectivity index (χ2v) is 11.5. The highest BCUT2D eigenvalue weighted by Crippen LogP contribution is 2.24. The van der Waals surface area contributed by atoms with E-state index in [-0.39, 0.29) is 10.0 Å². The molecule has 3 rings (SSSR count). The molecule has 0 radical (unpaired) electrons. The fraction of sp³-hybridized carbons (Fsp3) is 0.231. The lowest BCUT2D eigenvalue weighted by atomic mass is 10.2. The minimum atomic E-state index is -3.65. The van der Waals surface area contributed by atoms with E-state index in [2.05, 4.69) is 31.3 Å². The number of amides is 1. The molecule has 0 atom stereocenters. The van der Waals surface area contributed by atoms with Crippen molar-refractivity contribution in [2.24, 2.45) is 5.92 Å². The molecule has 0 saturated heterocycles. The lowest BCUT2D eigenvalue weighted by Gasteiger charge is -2.15. The zero-order valence-electron chi connectivity index (χ0n) is 20.0. The van der Waals surface area contributed by atoms with Crippen LogP contribution >= 0.6 is 28.1 Å². The molecule has 0 fully saturated rings. The number of anilines is 1. The zero-order chi connectivity index (χ0) is 26.1. The lowest BCUT2D eigenvalue weighted by Crippen LogP contribution is -2.34. The van der Waals surface area contributed by atoms with Crippen LogP contribution in [0.2, 0.25) is 0 Å². The van der Waals surface area contributed by atoms with Crippen molar-refractivity contribution in [1.82, 2.24) is 10.0 Å². The van der Waals surface area contributed by atoms with Gasteiger partial charge in [-0.2, -0.15) is 0 Å². The molecule has 0 heterocycles. The highest BCUT2D eigenvalue weighted by atomic mass is 79.9. The van der Waals surface area contributed by atoms with Gasteiger partial charge in [0.25, 0.3) is 5.91 Å². The van der Waals surface area contributed by atoms with Crippen molar-refractivity contribution >= 4 is 54.9 Å². The largest absolute Gasteiger partial charge is 0.492 e. The Morgan fingerprint density at radius 2 is 1.72 bits per heavy atom. The van der Waals surface area contributed by atoms with Gasteiger partial charge in [0.05, 0.1) is 17.1 Å². The SMILES string of the molecule is CC(C)COc1ccc(Br)cc1C(=O)NC(=S)Nc1ccc(S(=O)(=O)NCCc2ccccc2)cc1. The predicted molar refractivity (Wildman–Crippen MR) is 150 cm³/mol. The van der Waals surface area contributed by atoms with Crippen LogP contribution in [0.15, 0.2) is 82.2 Å². The minimum absolute atomic E-state index is 0.0754. The summed E-state index contributed by atoms with van der Waals surface area (Å²) in [4.78, 5) is 13.0. The third-order valence-corrected chi connectivity index (χ3v) is 7.13. The number of sulfonamides is 1. The second-order valence-electron chi connectivity index (χ2n) is 8.41. The van der Waals surface area contributed by atoms with Crippen molar-refractivity contribution < 1.29 is 17.9 Å². The van der Waals surface area contributed by atoms with Crippen LogP contribution < -0.4 is 20.1 Å². The summed E-state index contributed by atoms with van der Waals surface area (Å²) in [7, 11) is -3.65. The number of rotatable bonds is 10. The zero-order valence-corrected chi connectivity index (χ0v) is 23.2. The van der Waals surface area contributed by atoms with Crippen molar-refractivity contribution in [3.05, 3.63) is 88.4 Å². The van der Waals surface area contributed by atoms with Gasteiger partial charge in [-0.15, -0.1) is 0 Å². The summed E-state index contributed by atoms with van der Waals surface area (Å²) in [5.41, 5.74) is 1.93. The molecular weight excluding hydrogens is 562 g/mol. The molecular formula is C26H28BrN3O4S2. The highest BCUT2D eigenvalue weighted by Gasteiger charge is 2.16. The van der Waals surface area contributed by atoms with Gasteiger partial charge in [-0.05, 0) is 72.6 Å². The molecule has 1 amide bonds. The lowest BCUT2D eigenvalue weighted by molar-refractivity contribution is 0.0973. The summed E-state index contributed by atoms with van der Waals surface area (Å²) in [5.74, 6) is 0.342. The fourth-order valence-corrected chi connectivity index (χ4v) is 4.77. The smallest absolute Gasteiger partial charge is 0.261 e. The first-order valence-corrected chi connectivity index (χ1v) is 14.0. The molecule has 0 saturated carbocycles. The number of halogens is 1. The molecule has 36 heavy (non-hydrogen) atoms. The number of nitrogens with one attached hydrogen (secondary N) is 3. The first-order chi connectivity index (χ1) is 17.1. The highest BCUT2D eigenvalue weighted by molar-refractivity contribution is 9.10. The molecule has 3 aromatic carbocycles. The van der Waals surface area contributed by atoms with E-state index in [1.54, 1.807) is 30.3 Å². The topological polar surface area (TPSA) is 96.5 Å². The van der Waals surface area contributed by atoms with Gasteiger partial charge in [-0.1, -0.05) is 60.1 Å². The molecule has 0 spiro atoms. The molecule has 0 aliphatic heterocycles. The summed E-state index contributed by atoms with van der Waals surface area (Å²) in [5, 5.41) is 5.62. The molecule has 10 heteroatoms. The van der Waals surface area contributed by atoms with E-state index >= 15 is 0 Å². The van der Waals surface area contributed by atoms with Crippen LogP contribution in [-0.4, -0.2) is 32.6 Å².